The van der Waals surface area contributed by atoms with Gasteiger partial charge in [0.1, 0.15) is 0 Å². The Morgan fingerprint density at radius 2 is 1.96 bits per heavy atom. The van der Waals surface area contributed by atoms with Crippen LogP contribution < -0.4 is 5.32 Å². The first-order valence-corrected chi connectivity index (χ1v) is 9.84. The van der Waals surface area contributed by atoms with Gasteiger partial charge in [-0.3, -0.25) is 14.5 Å². The first-order valence-electron chi connectivity index (χ1n) is 9.84. The van der Waals surface area contributed by atoms with E-state index in [1.54, 1.807) is 7.11 Å². The van der Waals surface area contributed by atoms with Crippen molar-refractivity contribution in [1.29, 1.82) is 0 Å². The maximum absolute atomic E-state index is 12.7. The van der Waals surface area contributed by atoms with Crippen molar-refractivity contribution >= 4 is 11.8 Å². The van der Waals surface area contributed by atoms with Gasteiger partial charge in [0, 0.05) is 27.2 Å². The van der Waals surface area contributed by atoms with Crippen molar-refractivity contribution in [2.24, 2.45) is 5.41 Å². The van der Waals surface area contributed by atoms with Crippen molar-refractivity contribution in [2.45, 2.75) is 31.8 Å². The predicted octanol–water partition coefficient (Wildman–Crippen LogP) is 1.30. The SMILES string of the molecule is COC1CN(C)C(=O)C2(CCN(CC(=O)NCCc3ccccc3)CC2)C1. The lowest BCUT2D eigenvalue weighted by atomic mass is 9.71. The summed E-state index contributed by atoms with van der Waals surface area (Å²) in [5.41, 5.74) is 0.916. The van der Waals surface area contributed by atoms with Crippen molar-refractivity contribution in [3.63, 3.8) is 0 Å². The molecule has 1 atom stereocenters. The Hall–Kier alpha value is -1.92. The van der Waals surface area contributed by atoms with Crippen LogP contribution in [0.2, 0.25) is 0 Å². The van der Waals surface area contributed by atoms with Crippen LogP contribution >= 0.6 is 0 Å². The molecular formula is C21H31N3O3. The summed E-state index contributed by atoms with van der Waals surface area (Å²) in [4.78, 5) is 28.9. The Kier molecular flexibility index (Phi) is 6.50. The Morgan fingerprint density at radius 3 is 2.63 bits per heavy atom. The van der Waals surface area contributed by atoms with E-state index in [1.807, 2.05) is 30.1 Å². The van der Waals surface area contributed by atoms with Crippen LogP contribution in [-0.2, 0) is 20.7 Å². The topological polar surface area (TPSA) is 61.9 Å². The van der Waals surface area contributed by atoms with E-state index in [1.165, 1.54) is 5.56 Å². The smallest absolute Gasteiger partial charge is 0.234 e. The van der Waals surface area contributed by atoms with Crippen LogP contribution in [0.25, 0.3) is 0 Å². The molecule has 0 bridgehead atoms. The van der Waals surface area contributed by atoms with Gasteiger partial charge in [0.2, 0.25) is 11.8 Å². The number of amides is 2. The standard InChI is InChI=1S/C21H31N3O3/c1-23-15-18(27-2)14-21(20(23)26)9-12-24(13-10-21)16-19(25)22-11-8-17-6-4-3-5-7-17/h3-7,18H,8-16H2,1-2H3,(H,22,25). The van der Waals surface area contributed by atoms with Crippen molar-refractivity contribution in [2.75, 3.05) is 46.9 Å². The molecule has 3 rings (SSSR count). The molecule has 2 aliphatic rings. The lowest BCUT2D eigenvalue weighted by Crippen LogP contribution is -2.57. The molecule has 1 spiro atoms. The van der Waals surface area contributed by atoms with E-state index in [0.29, 0.717) is 19.6 Å². The summed E-state index contributed by atoms with van der Waals surface area (Å²) < 4.78 is 5.54. The van der Waals surface area contributed by atoms with E-state index < -0.39 is 0 Å². The Bertz CT molecular complexity index is 641. The van der Waals surface area contributed by atoms with Crippen LogP contribution in [0.3, 0.4) is 0 Å². The van der Waals surface area contributed by atoms with Crippen LogP contribution in [0, 0.1) is 5.41 Å². The average molecular weight is 373 g/mol. The molecule has 27 heavy (non-hydrogen) atoms. The number of hydrogen-bond donors (Lipinski definition) is 1. The fraction of sp³-hybridized carbons (Fsp3) is 0.619. The molecular weight excluding hydrogens is 342 g/mol. The Balaban J connectivity index is 1.43. The molecule has 6 nitrogen and oxygen atoms in total. The number of nitrogens with one attached hydrogen (secondary N) is 1. The number of rotatable bonds is 6. The first kappa shape index (κ1) is 19.8. The zero-order chi connectivity index (χ0) is 19.3. The number of methoxy groups -OCH3 is 1. The van der Waals surface area contributed by atoms with E-state index in [-0.39, 0.29) is 23.3 Å². The molecule has 0 saturated carbocycles. The van der Waals surface area contributed by atoms with E-state index in [9.17, 15) is 9.59 Å². The molecule has 148 valence electrons. The van der Waals surface area contributed by atoms with Gasteiger partial charge in [0.05, 0.1) is 18.1 Å². The number of ether oxygens (including phenoxy) is 1. The normalized spacial score (nSPS) is 22.8. The minimum atomic E-state index is -0.312. The van der Waals surface area contributed by atoms with Crippen LogP contribution in [0.4, 0.5) is 0 Å². The summed E-state index contributed by atoms with van der Waals surface area (Å²) in [5, 5.41) is 3.01. The highest BCUT2D eigenvalue weighted by Gasteiger charge is 2.47. The van der Waals surface area contributed by atoms with Gasteiger partial charge in [-0.05, 0) is 44.3 Å². The van der Waals surface area contributed by atoms with E-state index in [0.717, 1.165) is 38.8 Å². The Labute approximate surface area is 161 Å². The van der Waals surface area contributed by atoms with Gasteiger partial charge in [0.15, 0.2) is 0 Å². The lowest BCUT2D eigenvalue weighted by molar-refractivity contribution is -0.156. The minimum absolute atomic E-state index is 0.0590. The zero-order valence-corrected chi connectivity index (χ0v) is 16.4. The van der Waals surface area contributed by atoms with E-state index >= 15 is 0 Å². The van der Waals surface area contributed by atoms with Gasteiger partial charge in [-0.25, -0.2) is 0 Å². The summed E-state index contributed by atoms with van der Waals surface area (Å²) in [6.07, 6.45) is 3.35. The lowest BCUT2D eigenvalue weighted by Gasteiger charge is -2.47. The van der Waals surface area contributed by atoms with Crippen LogP contribution in [-0.4, -0.2) is 74.6 Å². The van der Waals surface area contributed by atoms with Gasteiger partial charge >= 0.3 is 0 Å². The summed E-state index contributed by atoms with van der Waals surface area (Å²) in [7, 11) is 3.58. The molecule has 1 aromatic carbocycles. The predicted molar refractivity (Wildman–Crippen MR) is 104 cm³/mol. The first-order chi connectivity index (χ1) is 13.0. The second-order valence-corrected chi connectivity index (χ2v) is 7.89. The molecule has 2 heterocycles. The van der Waals surface area contributed by atoms with Crippen molar-refractivity contribution < 1.29 is 14.3 Å². The molecule has 1 unspecified atom stereocenters. The fourth-order valence-corrected chi connectivity index (χ4v) is 4.35. The maximum atomic E-state index is 12.7. The van der Waals surface area contributed by atoms with Gasteiger partial charge in [-0.15, -0.1) is 0 Å². The largest absolute Gasteiger partial charge is 0.380 e. The molecule has 6 heteroatoms. The summed E-state index contributed by atoms with van der Waals surface area (Å²) >= 11 is 0. The number of benzene rings is 1. The maximum Gasteiger partial charge on any atom is 0.234 e. The average Bonchev–Trinajstić information content (AvgIpc) is 2.68. The number of carbonyl (C=O) groups excluding carboxylic acids is 2. The summed E-state index contributed by atoms with van der Waals surface area (Å²) in [6, 6.07) is 10.2. The number of carbonyl (C=O) groups is 2. The number of likely N-dealkylation sites (tertiary alicyclic amines) is 2. The molecule has 1 N–H and O–H groups in total. The second kappa shape index (κ2) is 8.85. The monoisotopic (exact) mass is 373 g/mol. The third-order valence-corrected chi connectivity index (χ3v) is 5.99. The van der Waals surface area contributed by atoms with Gasteiger partial charge < -0.3 is 15.0 Å². The molecule has 0 aromatic heterocycles. The summed E-state index contributed by atoms with van der Waals surface area (Å²) in [5.74, 6) is 0.298. The number of nitrogens with zero attached hydrogens (tertiary/aromatic N) is 2. The molecule has 2 aliphatic heterocycles. The highest BCUT2D eigenvalue weighted by Crippen LogP contribution is 2.41. The number of hydrogen-bond acceptors (Lipinski definition) is 4. The van der Waals surface area contributed by atoms with Crippen molar-refractivity contribution in [1.82, 2.24) is 15.1 Å². The van der Waals surface area contributed by atoms with Gasteiger partial charge in [-0.1, -0.05) is 30.3 Å². The quantitative estimate of drug-likeness (QED) is 0.817. The minimum Gasteiger partial charge on any atom is -0.380 e. The zero-order valence-electron chi connectivity index (χ0n) is 16.4. The third kappa shape index (κ3) is 4.87. The fourth-order valence-electron chi connectivity index (χ4n) is 4.35. The van der Waals surface area contributed by atoms with Gasteiger partial charge in [0.25, 0.3) is 0 Å². The van der Waals surface area contributed by atoms with Crippen LogP contribution in [0.5, 0.6) is 0 Å². The molecule has 2 amide bonds. The van der Waals surface area contributed by atoms with Crippen molar-refractivity contribution in [3.8, 4) is 0 Å². The molecule has 0 radical (unpaired) electrons. The molecule has 2 saturated heterocycles. The molecule has 1 aromatic rings. The third-order valence-electron chi connectivity index (χ3n) is 5.99. The molecule has 2 fully saturated rings. The van der Waals surface area contributed by atoms with Crippen LogP contribution in [0.15, 0.2) is 30.3 Å². The van der Waals surface area contributed by atoms with Crippen molar-refractivity contribution in [3.05, 3.63) is 35.9 Å². The Morgan fingerprint density at radius 1 is 1.26 bits per heavy atom. The van der Waals surface area contributed by atoms with Crippen LogP contribution in [0.1, 0.15) is 24.8 Å². The highest BCUT2D eigenvalue weighted by atomic mass is 16.5. The van der Waals surface area contributed by atoms with E-state index in [4.69, 9.17) is 4.74 Å². The second-order valence-electron chi connectivity index (χ2n) is 7.89. The molecule has 0 aliphatic carbocycles. The number of likely N-dealkylation sites (N-methyl/N-ethyl adjacent to an activating group) is 1. The van der Waals surface area contributed by atoms with E-state index in [2.05, 4.69) is 22.3 Å². The highest BCUT2D eigenvalue weighted by molar-refractivity contribution is 5.83. The summed E-state index contributed by atoms with van der Waals surface area (Å²) in [6.45, 7) is 3.29. The number of piperidine rings is 2. The van der Waals surface area contributed by atoms with Gasteiger partial charge in [-0.2, -0.15) is 0 Å².